The first-order valence-corrected chi connectivity index (χ1v) is 12.0. The van der Waals surface area contributed by atoms with Gasteiger partial charge in [0.05, 0.1) is 18.5 Å². The number of carbonyl (C=O) groups excluding carboxylic acids is 1. The molecule has 5 aromatic rings. The smallest absolute Gasteiger partial charge is 0.226 e. The number of aryl methyl sites for hydroxylation is 1. The molecule has 1 amide bonds. The van der Waals surface area contributed by atoms with E-state index in [1.165, 1.54) is 0 Å². The molecule has 2 aromatic carbocycles. The number of rotatable bonds is 10. The van der Waals surface area contributed by atoms with Crippen molar-refractivity contribution in [3.05, 3.63) is 96.8 Å². The van der Waals surface area contributed by atoms with Gasteiger partial charge in [0.2, 0.25) is 17.6 Å². The first-order chi connectivity index (χ1) is 18.2. The van der Waals surface area contributed by atoms with Gasteiger partial charge in [-0.3, -0.25) is 9.78 Å². The highest BCUT2D eigenvalue weighted by molar-refractivity contribution is 5.76. The van der Waals surface area contributed by atoms with Crippen LogP contribution in [0.1, 0.15) is 24.3 Å². The number of nitrogens with one attached hydrogen (secondary N) is 1. The second kappa shape index (κ2) is 11.3. The quantitative estimate of drug-likeness (QED) is 0.301. The van der Waals surface area contributed by atoms with Gasteiger partial charge in [-0.25, -0.2) is 4.68 Å². The summed E-state index contributed by atoms with van der Waals surface area (Å²) >= 11 is 0. The predicted molar refractivity (Wildman–Crippen MR) is 138 cm³/mol. The van der Waals surface area contributed by atoms with Crippen LogP contribution in [-0.4, -0.2) is 37.9 Å². The van der Waals surface area contributed by atoms with Crippen LogP contribution in [0.25, 0.3) is 28.3 Å². The monoisotopic (exact) mass is 494 g/mol. The van der Waals surface area contributed by atoms with Crippen LogP contribution in [0.2, 0.25) is 0 Å². The molecule has 0 fully saturated rings. The highest BCUT2D eigenvalue weighted by atomic mass is 16.5. The van der Waals surface area contributed by atoms with E-state index in [4.69, 9.17) is 14.4 Å². The minimum atomic E-state index is -0.0527. The summed E-state index contributed by atoms with van der Waals surface area (Å²) in [5.74, 6) is 1.73. The van der Waals surface area contributed by atoms with Gasteiger partial charge in [0.25, 0.3) is 0 Å². The second-order valence-corrected chi connectivity index (χ2v) is 8.39. The molecular weight excluding hydrogens is 468 g/mol. The third-order valence-corrected chi connectivity index (χ3v) is 5.85. The van der Waals surface area contributed by atoms with Crippen LogP contribution in [0.3, 0.4) is 0 Å². The first kappa shape index (κ1) is 23.9. The zero-order chi connectivity index (χ0) is 25.5. The van der Waals surface area contributed by atoms with Gasteiger partial charge in [0, 0.05) is 54.7 Å². The zero-order valence-electron chi connectivity index (χ0n) is 20.4. The average molecular weight is 495 g/mol. The van der Waals surface area contributed by atoms with E-state index < -0.39 is 0 Å². The fraction of sp³-hybridized carbons (Fsp3) is 0.179. The van der Waals surface area contributed by atoms with Crippen molar-refractivity contribution in [2.45, 2.75) is 25.8 Å². The van der Waals surface area contributed by atoms with Crippen molar-refractivity contribution in [2.75, 3.05) is 7.11 Å². The summed E-state index contributed by atoms with van der Waals surface area (Å²) < 4.78 is 12.4. The van der Waals surface area contributed by atoms with Gasteiger partial charge in [-0.05, 0) is 55.0 Å². The predicted octanol–water partition coefficient (Wildman–Crippen LogP) is 4.63. The summed E-state index contributed by atoms with van der Waals surface area (Å²) in [7, 11) is 1.62. The molecule has 0 saturated heterocycles. The Morgan fingerprint density at radius 3 is 2.54 bits per heavy atom. The minimum absolute atomic E-state index is 0.0527. The molecule has 37 heavy (non-hydrogen) atoms. The molecule has 3 heterocycles. The van der Waals surface area contributed by atoms with Gasteiger partial charge in [-0.1, -0.05) is 23.4 Å². The van der Waals surface area contributed by atoms with Crippen LogP contribution in [0.4, 0.5) is 0 Å². The Morgan fingerprint density at radius 1 is 1.00 bits per heavy atom. The Bertz CT molecular complexity index is 1450. The number of pyridine rings is 1. The van der Waals surface area contributed by atoms with Crippen molar-refractivity contribution < 1.29 is 14.1 Å². The van der Waals surface area contributed by atoms with Crippen molar-refractivity contribution >= 4 is 5.91 Å². The standard InChI is InChI=1S/C28H26N6O3/c1-36-24-12-10-21(11-13-24)28-31-26(37-33-28)9-5-8-25(35)30-18-22-19-34(23-6-3-2-4-7-23)32-27(22)20-14-16-29-17-15-20/h2-4,6-7,10-17,19H,5,8-9,18H2,1H3,(H,30,35). The summed E-state index contributed by atoms with van der Waals surface area (Å²) in [4.78, 5) is 21.1. The lowest BCUT2D eigenvalue weighted by Gasteiger charge is -2.05. The van der Waals surface area contributed by atoms with E-state index in [0.717, 1.165) is 33.8 Å². The molecule has 0 aliphatic rings. The van der Waals surface area contributed by atoms with E-state index in [-0.39, 0.29) is 5.91 Å². The molecule has 9 nitrogen and oxygen atoms in total. The molecule has 0 saturated carbocycles. The van der Waals surface area contributed by atoms with Crippen LogP contribution in [0, 0.1) is 0 Å². The van der Waals surface area contributed by atoms with E-state index in [2.05, 4.69) is 20.4 Å². The maximum absolute atomic E-state index is 12.6. The lowest BCUT2D eigenvalue weighted by Crippen LogP contribution is -2.22. The summed E-state index contributed by atoms with van der Waals surface area (Å²) in [5.41, 5.74) is 4.46. The number of benzene rings is 2. The highest BCUT2D eigenvalue weighted by Gasteiger charge is 2.14. The van der Waals surface area contributed by atoms with Gasteiger partial charge >= 0.3 is 0 Å². The van der Waals surface area contributed by atoms with E-state index in [1.54, 1.807) is 19.5 Å². The minimum Gasteiger partial charge on any atom is -0.497 e. The fourth-order valence-electron chi connectivity index (χ4n) is 3.90. The van der Waals surface area contributed by atoms with E-state index in [0.29, 0.717) is 37.5 Å². The molecule has 0 aliphatic heterocycles. The molecule has 9 heteroatoms. The number of hydrogen-bond acceptors (Lipinski definition) is 7. The normalized spacial score (nSPS) is 10.8. The molecular formula is C28H26N6O3. The molecule has 0 radical (unpaired) electrons. The molecule has 0 atom stereocenters. The molecule has 0 aliphatic carbocycles. The number of methoxy groups -OCH3 is 1. The molecule has 3 aromatic heterocycles. The Balaban J connectivity index is 1.18. The van der Waals surface area contributed by atoms with Crippen molar-refractivity contribution in [2.24, 2.45) is 0 Å². The van der Waals surface area contributed by atoms with Gasteiger partial charge in [-0.15, -0.1) is 0 Å². The lowest BCUT2D eigenvalue weighted by molar-refractivity contribution is -0.121. The summed E-state index contributed by atoms with van der Waals surface area (Å²) in [6.45, 7) is 0.367. The van der Waals surface area contributed by atoms with E-state index >= 15 is 0 Å². The van der Waals surface area contributed by atoms with Crippen molar-refractivity contribution in [3.8, 4) is 34.1 Å². The second-order valence-electron chi connectivity index (χ2n) is 8.39. The molecule has 0 unspecified atom stereocenters. The van der Waals surface area contributed by atoms with Crippen LogP contribution in [0.15, 0.2) is 89.8 Å². The van der Waals surface area contributed by atoms with Crippen molar-refractivity contribution in [3.63, 3.8) is 0 Å². The summed E-state index contributed by atoms with van der Waals surface area (Å²) in [6, 6.07) is 21.1. The maximum Gasteiger partial charge on any atom is 0.226 e. The number of nitrogens with zero attached hydrogens (tertiary/aromatic N) is 5. The van der Waals surface area contributed by atoms with Gasteiger partial charge in [-0.2, -0.15) is 10.1 Å². The van der Waals surface area contributed by atoms with Gasteiger partial charge in [0.15, 0.2) is 0 Å². The number of amides is 1. The number of para-hydroxylation sites is 1. The van der Waals surface area contributed by atoms with Gasteiger partial charge in [0.1, 0.15) is 5.75 Å². The summed E-state index contributed by atoms with van der Waals surface area (Å²) in [6.07, 6.45) is 6.87. The van der Waals surface area contributed by atoms with Crippen molar-refractivity contribution in [1.82, 2.24) is 30.2 Å². The molecule has 5 rings (SSSR count). The Kier molecular flexibility index (Phi) is 7.31. The molecule has 1 N–H and O–H groups in total. The average Bonchev–Trinajstić information content (AvgIpc) is 3.61. The van der Waals surface area contributed by atoms with Crippen LogP contribution < -0.4 is 10.1 Å². The van der Waals surface area contributed by atoms with Crippen LogP contribution >= 0.6 is 0 Å². The topological polar surface area (TPSA) is 108 Å². The number of carbonyl (C=O) groups is 1. The van der Waals surface area contributed by atoms with Gasteiger partial charge < -0.3 is 14.6 Å². The largest absolute Gasteiger partial charge is 0.497 e. The Hall–Kier alpha value is -4.79. The third kappa shape index (κ3) is 5.90. The highest BCUT2D eigenvalue weighted by Crippen LogP contribution is 2.23. The Labute approximate surface area is 214 Å². The summed E-state index contributed by atoms with van der Waals surface area (Å²) in [5, 5.41) is 11.8. The molecule has 0 spiro atoms. The first-order valence-electron chi connectivity index (χ1n) is 12.0. The molecule has 186 valence electrons. The lowest BCUT2D eigenvalue weighted by atomic mass is 10.1. The zero-order valence-corrected chi connectivity index (χ0v) is 20.4. The SMILES string of the molecule is COc1ccc(-c2noc(CCCC(=O)NCc3cn(-c4ccccc4)nc3-c3ccncc3)n2)cc1. The fourth-order valence-corrected chi connectivity index (χ4v) is 3.90. The maximum atomic E-state index is 12.6. The van der Waals surface area contributed by atoms with Crippen LogP contribution in [0.5, 0.6) is 5.75 Å². The number of hydrogen-bond donors (Lipinski definition) is 1. The Morgan fingerprint density at radius 2 is 1.78 bits per heavy atom. The van der Waals surface area contributed by atoms with E-state index in [1.807, 2.05) is 77.6 Å². The van der Waals surface area contributed by atoms with Crippen LogP contribution in [-0.2, 0) is 17.8 Å². The number of aromatic nitrogens is 5. The van der Waals surface area contributed by atoms with E-state index in [9.17, 15) is 4.79 Å². The molecule has 0 bridgehead atoms. The number of ether oxygens (including phenoxy) is 1. The van der Waals surface area contributed by atoms with Crippen molar-refractivity contribution in [1.29, 1.82) is 0 Å². The third-order valence-electron chi connectivity index (χ3n) is 5.85.